The van der Waals surface area contributed by atoms with Crippen LogP contribution in [-0.2, 0) is 0 Å². The van der Waals surface area contributed by atoms with Crippen molar-refractivity contribution in [2.45, 2.75) is 5.92 Å². The van der Waals surface area contributed by atoms with E-state index in [1.165, 1.54) is 0 Å². The number of hydrogen-bond acceptors (Lipinski definition) is 4. The molecule has 1 aliphatic heterocycles. The van der Waals surface area contributed by atoms with Gasteiger partial charge in [-0.3, -0.25) is 4.79 Å². The third-order valence-electron chi connectivity index (χ3n) is 4.49. The molecule has 0 aromatic heterocycles. The first-order chi connectivity index (χ1) is 12.2. The van der Waals surface area contributed by atoms with Gasteiger partial charge in [0, 0.05) is 34.7 Å². The van der Waals surface area contributed by atoms with Gasteiger partial charge in [0.05, 0.1) is 7.11 Å². The van der Waals surface area contributed by atoms with Crippen molar-refractivity contribution in [2.24, 2.45) is 0 Å². The molecule has 1 aliphatic rings. The molecule has 0 aliphatic carbocycles. The predicted molar refractivity (Wildman–Crippen MR) is 93.9 cm³/mol. The number of phenols is 1. The van der Waals surface area contributed by atoms with Crippen LogP contribution in [0, 0.1) is 0 Å². The molecular formula is C21H16O4. The molecule has 1 unspecified atom stereocenters. The number of fused-ring (bicyclic) bond motifs is 2. The van der Waals surface area contributed by atoms with Crippen LogP contribution in [0.5, 0.6) is 23.0 Å². The lowest BCUT2D eigenvalue weighted by atomic mass is 9.81. The molecule has 0 spiro atoms. The Balaban J connectivity index is 1.98. The van der Waals surface area contributed by atoms with Gasteiger partial charge in [0.1, 0.15) is 29.3 Å². The summed E-state index contributed by atoms with van der Waals surface area (Å²) in [6, 6.07) is 18.2. The Morgan fingerprint density at radius 1 is 0.960 bits per heavy atom. The van der Waals surface area contributed by atoms with E-state index in [2.05, 4.69) is 0 Å². The van der Waals surface area contributed by atoms with Crippen LogP contribution in [0.2, 0.25) is 0 Å². The SMILES string of the molecule is COc1ccc2c(c1)Oc1cc(O)ccc1C2c1ccccc1C=O. The van der Waals surface area contributed by atoms with E-state index < -0.39 is 0 Å². The summed E-state index contributed by atoms with van der Waals surface area (Å²) in [6.45, 7) is 0. The van der Waals surface area contributed by atoms with Gasteiger partial charge in [0.2, 0.25) is 0 Å². The van der Waals surface area contributed by atoms with Gasteiger partial charge in [0.15, 0.2) is 0 Å². The average Bonchev–Trinajstić information content (AvgIpc) is 2.65. The van der Waals surface area contributed by atoms with Gasteiger partial charge in [-0.25, -0.2) is 0 Å². The van der Waals surface area contributed by atoms with Crippen LogP contribution in [0.3, 0.4) is 0 Å². The highest BCUT2D eigenvalue weighted by Crippen LogP contribution is 2.49. The van der Waals surface area contributed by atoms with Crippen molar-refractivity contribution in [1.29, 1.82) is 0 Å². The Hall–Kier alpha value is -3.27. The van der Waals surface area contributed by atoms with Crippen LogP contribution >= 0.6 is 0 Å². The standard InChI is InChI=1S/C21H16O4/c1-24-15-7-9-18-20(11-15)25-19-10-14(23)6-8-17(19)21(18)16-5-3-2-4-13(16)12-22/h2-12,21,23H,1H3. The van der Waals surface area contributed by atoms with E-state index in [4.69, 9.17) is 9.47 Å². The maximum Gasteiger partial charge on any atom is 0.150 e. The first-order valence-electron chi connectivity index (χ1n) is 7.94. The quantitative estimate of drug-likeness (QED) is 0.561. The van der Waals surface area contributed by atoms with Gasteiger partial charge in [-0.15, -0.1) is 0 Å². The molecule has 0 fully saturated rings. The number of methoxy groups -OCH3 is 1. The summed E-state index contributed by atoms with van der Waals surface area (Å²) in [6.07, 6.45) is 0.869. The topological polar surface area (TPSA) is 55.8 Å². The van der Waals surface area contributed by atoms with Gasteiger partial charge in [0.25, 0.3) is 0 Å². The third kappa shape index (κ3) is 2.52. The van der Waals surface area contributed by atoms with E-state index >= 15 is 0 Å². The predicted octanol–water partition coefficient (Wildman–Crippen LogP) is 4.50. The van der Waals surface area contributed by atoms with Crippen molar-refractivity contribution in [3.63, 3.8) is 0 Å². The fraction of sp³-hybridized carbons (Fsp3) is 0.0952. The maximum absolute atomic E-state index is 11.6. The molecule has 0 bridgehead atoms. The van der Waals surface area contributed by atoms with Crippen molar-refractivity contribution in [3.05, 3.63) is 82.9 Å². The number of benzene rings is 3. The highest BCUT2D eigenvalue weighted by atomic mass is 16.5. The van der Waals surface area contributed by atoms with E-state index in [0.717, 1.165) is 23.0 Å². The molecule has 124 valence electrons. The first-order valence-corrected chi connectivity index (χ1v) is 7.94. The summed E-state index contributed by atoms with van der Waals surface area (Å²) in [4.78, 5) is 11.6. The fourth-order valence-corrected chi connectivity index (χ4v) is 3.32. The molecule has 0 amide bonds. The second-order valence-electron chi connectivity index (χ2n) is 5.91. The lowest BCUT2D eigenvalue weighted by molar-refractivity contribution is 0.112. The first kappa shape index (κ1) is 15.3. The van der Waals surface area contributed by atoms with Gasteiger partial charge in [-0.05, 0) is 17.7 Å². The van der Waals surface area contributed by atoms with E-state index in [-0.39, 0.29) is 11.7 Å². The van der Waals surface area contributed by atoms with Crippen LogP contribution in [0.4, 0.5) is 0 Å². The largest absolute Gasteiger partial charge is 0.508 e. The van der Waals surface area contributed by atoms with Crippen molar-refractivity contribution >= 4 is 6.29 Å². The van der Waals surface area contributed by atoms with E-state index in [1.807, 2.05) is 42.5 Å². The fourth-order valence-electron chi connectivity index (χ4n) is 3.32. The Kier molecular flexibility index (Phi) is 3.65. The second kappa shape index (κ2) is 5.98. The minimum absolute atomic E-state index is 0.132. The molecule has 4 heteroatoms. The van der Waals surface area contributed by atoms with E-state index in [1.54, 1.807) is 25.3 Å². The third-order valence-corrected chi connectivity index (χ3v) is 4.49. The number of ether oxygens (including phenoxy) is 2. The van der Waals surface area contributed by atoms with E-state index in [9.17, 15) is 9.90 Å². The summed E-state index contributed by atoms with van der Waals surface area (Å²) in [5.41, 5.74) is 3.40. The van der Waals surface area contributed by atoms with Crippen LogP contribution in [0.25, 0.3) is 0 Å². The number of rotatable bonds is 3. The smallest absolute Gasteiger partial charge is 0.150 e. The second-order valence-corrected chi connectivity index (χ2v) is 5.91. The van der Waals surface area contributed by atoms with Crippen LogP contribution in [0.1, 0.15) is 33.0 Å². The van der Waals surface area contributed by atoms with Crippen LogP contribution < -0.4 is 9.47 Å². The Labute approximate surface area is 145 Å². The van der Waals surface area contributed by atoms with Gasteiger partial charge < -0.3 is 14.6 Å². The molecule has 4 nitrogen and oxygen atoms in total. The molecule has 25 heavy (non-hydrogen) atoms. The molecule has 0 saturated carbocycles. The minimum Gasteiger partial charge on any atom is -0.508 e. The summed E-state index contributed by atoms with van der Waals surface area (Å²) < 4.78 is 11.3. The number of phenolic OH excluding ortho intramolecular Hbond substituents is 1. The van der Waals surface area contributed by atoms with Crippen LogP contribution in [-0.4, -0.2) is 18.5 Å². The molecular weight excluding hydrogens is 316 g/mol. The molecule has 0 saturated heterocycles. The summed E-state index contributed by atoms with van der Waals surface area (Å²) >= 11 is 0. The summed E-state index contributed by atoms with van der Waals surface area (Å²) in [5.74, 6) is 1.89. The Morgan fingerprint density at radius 3 is 2.44 bits per heavy atom. The van der Waals surface area contributed by atoms with Gasteiger partial charge >= 0.3 is 0 Å². The zero-order valence-corrected chi connectivity index (χ0v) is 13.6. The summed E-state index contributed by atoms with van der Waals surface area (Å²) in [7, 11) is 1.60. The lowest BCUT2D eigenvalue weighted by Gasteiger charge is -2.29. The summed E-state index contributed by atoms with van der Waals surface area (Å²) in [5, 5.41) is 9.83. The highest BCUT2D eigenvalue weighted by Gasteiger charge is 2.30. The minimum atomic E-state index is -0.161. The molecule has 0 radical (unpaired) electrons. The molecule has 1 N–H and O–H groups in total. The molecule has 4 rings (SSSR count). The maximum atomic E-state index is 11.6. The number of aldehydes is 1. The van der Waals surface area contributed by atoms with Gasteiger partial charge in [-0.1, -0.05) is 36.4 Å². The zero-order valence-electron chi connectivity index (χ0n) is 13.6. The molecule has 1 atom stereocenters. The van der Waals surface area contributed by atoms with E-state index in [0.29, 0.717) is 22.8 Å². The number of carbonyl (C=O) groups excluding carboxylic acids is 1. The zero-order chi connectivity index (χ0) is 17.4. The van der Waals surface area contributed by atoms with Crippen molar-refractivity contribution in [1.82, 2.24) is 0 Å². The highest BCUT2D eigenvalue weighted by molar-refractivity contribution is 5.79. The molecule has 1 heterocycles. The average molecular weight is 332 g/mol. The lowest BCUT2D eigenvalue weighted by Crippen LogP contribution is -2.13. The monoisotopic (exact) mass is 332 g/mol. The molecule has 3 aromatic rings. The van der Waals surface area contributed by atoms with Crippen molar-refractivity contribution < 1.29 is 19.4 Å². The number of hydrogen-bond donors (Lipinski definition) is 1. The Bertz CT molecular complexity index is 962. The van der Waals surface area contributed by atoms with Crippen molar-refractivity contribution in [2.75, 3.05) is 7.11 Å². The number of aromatic hydroxyl groups is 1. The van der Waals surface area contributed by atoms with Crippen LogP contribution in [0.15, 0.2) is 60.7 Å². The van der Waals surface area contributed by atoms with Gasteiger partial charge in [-0.2, -0.15) is 0 Å². The normalized spacial score (nSPS) is 14.8. The molecule has 3 aromatic carbocycles. The number of carbonyl (C=O) groups is 1. The Morgan fingerprint density at radius 2 is 1.68 bits per heavy atom. The van der Waals surface area contributed by atoms with Crippen molar-refractivity contribution in [3.8, 4) is 23.0 Å².